The maximum Gasteiger partial charge on any atom is 0.471 e. The minimum absolute atomic E-state index is 0. The van der Waals surface area contributed by atoms with E-state index in [2.05, 4.69) is 12.1 Å². The summed E-state index contributed by atoms with van der Waals surface area (Å²) in [6.07, 6.45) is 2.88. The van der Waals surface area contributed by atoms with Crippen LogP contribution in [-0.2, 0) is 28.9 Å². The summed E-state index contributed by atoms with van der Waals surface area (Å²) < 4.78 is 75.8. The number of nitrogens with two attached hydrogens (primary N) is 3. The van der Waals surface area contributed by atoms with Gasteiger partial charge in [-0.3, -0.25) is 29.8 Å². The molecule has 352 valence electrons. The lowest BCUT2D eigenvalue weighted by Gasteiger charge is -2.42. The number of hydrogen-bond donors (Lipinski definition) is 4. The third-order valence-corrected chi connectivity index (χ3v) is 13.3. The Labute approximate surface area is 368 Å². The van der Waals surface area contributed by atoms with Gasteiger partial charge in [0.15, 0.2) is 0 Å². The molecule has 13 nitrogen and oxygen atoms in total. The number of likely N-dealkylation sites (tertiary alicyclic amines) is 1. The van der Waals surface area contributed by atoms with Crippen molar-refractivity contribution < 1.29 is 45.8 Å². The molecule has 6 bridgehead atoms. The Morgan fingerprint density at radius 3 is 1.56 bits per heavy atom. The lowest BCUT2D eigenvalue weighted by atomic mass is 9.69. The number of anilines is 4. The van der Waals surface area contributed by atoms with Crippen molar-refractivity contribution in [3.05, 3.63) is 90.0 Å². The molecule has 5 aliphatic carbocycles. The number of carbonyl (C=O) groups excluding carboxylic acids is 2. The van der Waals surface area contributed by atoms with Gasteiger partial charge in [-0.2, -0.15) is 26.3 Å². The first-order valence-electron chi connectivity index (χ1n) is 20.5. The number of nitrogens with one attached hydrogen (secondary N) is 1. The van der Waals surface area contributed by atoms with E-state index in [1.807, 2.05) is 6.07 Å². The molecule has 9 rings (SSSR count). The number of halogens is 6. The van der Waals surface area contributed by atoms with E-state index in [1.165, 1.54) is 79.8 Å². The van der Waals surface area contributed by atoms with Crippen LogP contribution < -0.4 is 22.5 Å². The van der Waals surface area contributed by atoms with Crippen molar-refractivity contribution in [1.29, 1.82) is 0 Å². The number of carbonyl (C=O) groups is 2. The molecule has 1 saturated heterocycles. The van der Waals surface area contributed by atoms with E-state index in [1.54, 1.807) is 6.07 Å². The maximum absolute atomic E-state index is 12.7. The number of alkyl halides is 6. The van der Waals surface area contributed by atoms with Crippen molar-refractivity contribution in [3.8, 4) is 0 Å². The van der Waals surface area contributed by atoms with Gasteiger partial charge in [-0.1, -0.05) is 48.0 Å². The van der Waals surface area contributed by atoms with Crippen molar-refractivity contribution in [1.82, 2.24) is 4.90 Å². The molecule has 3 aromatic carbocycles. The molecule has 6 aliphatic rings. The predicted octanol–water partition coefficient (Wildman–Crippen LogP) is 10.7. The molecule has 19 heteroatoms. The van der Waals surface area contributed by atoms with Crippen LogP contribution >= 0.6 is 0 Å². The highest BCUT2D eigenvalue weighted by atomic mass is 19.4. The highest BCUT2D eigenvalue weighted by Crippen LogP contribution is 2.48. The number of nitrogen functional groups attached to an aromatic ring is 3. The van der Waals surface area contributed by atoms with Crippen LogP contribution in [-0.4, -0.2) is 52.0 Å². The number of nitrogens with zero attached hydrogens (tertiary/aromatic N) is 3. The Morgan fingerprint density at radius 1 is 0.594 bits per heavy atom. The lowest BCUT2D eigenvalue weighted by Crippen LogP contribution is -2.50. The number of nitro groups is 2. The van der Waals surface area contributed by atoms with Gasteiger partial charge in [0.25, 0.3) is 11.4 Å². The van der Waals surface area contributed by atoms with Crippen molar-refractivity contribution in [2.45, 2.75) is 129 Å². The van der Waals surface area contributed by atoms with Gasteiger partial charge >= 0.3 is 24.2 Å². The first-order valence-corrected chi connectivity index (χ1v) is 20.5. The second-order valence-electron chi connectivity index (χ2n) is 17.4. The molecule has 1 aliphatic heterocycles. The number of amides is 2. The number of fused-ring (bicyclic) bond motifs is 12. The number of benzene rings is 3. The van der Waals surface area contributed by atoms with E-state index in [9.17, 15) is 56.2 Å². The average molecular weight is 908 g/mol. The SMILES string of the molecule is C.C.C.Nc1cc2c(cc1N)C1CCCC(C2)C1.Nc1cc2c(cc1[N+](=O)[O-])CC1CCCC2C1.O=C(Nc1cc2c(cc1[N+](=O)[O-])CC1CC2CN(C(=O)C(F)(F)F)C1)C(F)(F)F. The largest absolute Gasteiger partial charge is 0.471 e. The van der Waals surface area contributed by atoms with Crippen LogP contribution in [0.5, 0.6) is 0 Å². The first-order chi connectivity index (χ1) is 28.7. The monoisotopic (exact) mass is 907 g/mol. The first kappa shape index (κ1) is 51.0. The molecule has 6 unspecified atom stereocenters. The summed E-state index contributed by atoms with van der Waals surface area (Å²) in [7, 11) is 0. The second-order valence-corrected chi connectivity index (χ2v) is 17.4. The van der Waals surface area contributed by atoms with Gasteiger partial charge in [0, 0.05) is 31.1 Å². The molecule has 7 N–H and O–H groups in total. The molecule has 2 amide bonds. The lowest BCUT2D eigenvalue weighted by molar-refractivity contribution is -0.384. The molecule has 0 aromatic heterocycles. The molecule has 6 atom stereocenters. The summed E-state index contributed by atoms with van der Waals surface area (Å²) >= 11 is 0. The minimum atomic E-state index is -5.28. The molecular weight excluding hydrogens is 849 g/mol. The third-order valence-electron chi connectivity index (χ3n) is 13.3. The third kappa shape index (κ3) is 10.8. The highest BCUT2D eigenvalue weighted by Gasteiger charge is 2.47. The highest BCUT2D eigenvalue weighted by molar-refractivity contribution is 5.97. The van der Waals surface area contributed by atoms with E-state index >= 15 is 0 Å². The van der Waals surface area contributed by atoms with E-state index < -0.39 is 46.4 Å². The Bertz CT molecular complexity index is 2250. The number of hydrogen-bond acceptors (Lipinski definition) is 9. The normalized spacial score (nSPS) is 23.4. The van der Waals surface area contributed by atoms with Gasteiger partial charge in [-0.15, -0.1) is 0 Å². The smallest absolute Gasteiger partial charge is 0.397 e. The summed E-state index contributed by atoms with van der Waals surface area (Å²) in [4.78, 5) is 44.2. The van der Waals surface area contributed by atoms with Crippen LogP contribution in [0.2, 0.25) is 0 Å². The van der Waals surface area contributed by atoms with Crippen molar-refractivity contribution in [3.63, 3.8) is 0 Å². The Hall–Kier alpha value is -5.62. The summed E-state index contributed by atoms with van der Waals surface area (Å²) in [5.74, 6) is -2.47. The van der Waals surface area contributed by atoms with E-state index in [0.717, 1.165) is 53.2 Å². The molecular formula is C45H59F6N7O6. The molecule has 64 heavy (non-hydrogen) atoms. The second kappa shape index (κ2) is 19.6. The Morgan fingerprint density at radius 2 is 1.05 bits per heavy atom. The van der Waals surface area contributed by atoms with Crippen molar-refractivity contribution in [2.24, 2.45) is 17.8 Å². The number of piperidine rings is 1. The van der Waals surface area contributed by atoms with Crippen LogP contribution in [0.25, 0.3) is 0 Å². The summed E-state index contributed by atoms with van der Waals surface area (Å²) in [5, 5.41) is 23.6. The summed E-state index contributed by atoms with van der Waals surface area (Å²) in [6, 6.07) is 9.79. The molecule has 1 heterocycles. The van der Waals surface area contributed by atoms with Gasteiger partial charge in [0.2, 0.25) is 0 Å². The van der Waals surface area contributed by atoms with E-state index in [4.69, 9.17) is 17.2 Å². The predicted molar refractivity (Wildman–Crippen MR) is 235 cm³/mol. The van der Waals surface area contributed by atoms with E-state index in [-0.39, 0.29) is 63.9 Å². The fraction of sp³-hybridized carbons (Fsp3) is 0.556. The van der Waals surface area contributed by atoms with Gasteiger partial charge in [-0.05, 0) is 139 Å². The Kier molecular flexibility index (Phi) is 15.7. The summed E-state index contributed by atoms with van der Waals surface area (Å²) in [5.41, 5.74) is 24.1. The molecule has 3 fully saturated rings. The van der Waals surface area contributed by atoms with Crippen LogP contribution in [0.1, 0.15) is 131 Å². The van der Waals surface area contributed by atoms with Crippen LogP contribution in [0.3, 0.4) is 0 Å². The summed E-state index contributed by atoms with van der Waals surface area (Å²) in [6.45, 7) is -0.499. The number of nitro benzene ring substituents is 2. The van der Waals surface area contributed by atoms with Gasteiger partial charge in [0.1, 0.15) is 11.4 Å². The molecule has 3 aromatic rings. The number of rotatable bonds is 3. The minimum Gasteiger partial charge on any atom is -0.397 e. The van der Waals surface area contributed by atoms with Crippen LogP contribution in [0.15, 0.2) is 36.4 Å². The average Bonchev–Trinajstić information content (AvgIpc) is 3.18. The topological polar surface area (TPSA) is 214 Å². The van der Waals surface area contributed by atoms with E-state index in [0.29, 0.717) is 28.5 Å². The zero-order valence-electron chi connectivity index (χ0n) is 33.1. The van der Waals surface area contributed by atoms with Gasteiger partial charge < -0.3 is 27.4 Å². The molecule has 0 spiro atoms. The zero-order chi connectivity index (χ0) is 44.1. The van der Waals surface area contributed by atoms with Gasteiger partial charge in [0.05, 0.1) is 21.2 Å². The Balaban J connectivity index is 0.000000219. The van der Waals surface area contributed by atoms with Crippen molar-refractivity contribution in [2.75, 3.05) is 35.6 Å². The van der Waals surface area contributed by atoms with Gasteiger partial charge in [-0.25, -0.2) is 0 Å². The zero-order valence-corrected chi connectivity index (χ0v) is 33.1. The molecule has 0 radical (unpaired) electrons. The van der Waals surface area contributed by atoms with Crippen LogP contribution in [0.4, 0.5) is 60.5 Å². The van der Waals surface area contributed by atoms with Crippen molar-refractivity contribution >= 4 is 45.9 Å². The maximum atomic E-state index is 12.7. The van der Waals surface area contributed by atoms with Crippen LogP contribution in [0, 0.1) is 38.0 Å². The fourth-order valence-corrected chi connectivity index (χ4v) is 10.7. The quantitative estimate of drug-likeness (QED) is 0.0850. The molecule has 2 saturated carbocycles. The fourth-order valence-electron chi connectivity index (χ4n) is 10.7. The standard InChI is InChI=1S/C16H13F6N3O4.C13H16N2O2.C13H18N2.3CH4/c17-15(18,19)13(26)23-11-4-10-8(3-12(11)25(28)29)1-7-2-9(10)6-24(5-7)14(27)16(20,21)22;14-12-7-11-9-3-1-2-8(4-9)5-10(11)6-13(12)15(16)17;14-12-6-10-5-8-2-1-3-9(4-8)11(10)7-13(12)15;;;/h3-4,7,9H,1-2,5-6H2,(H,23,26);6-9H,1-5,14H2;6-9H,1-5,14-15H2;3*1H4.